The highest BCUT2D eigenvalue weighted by Gasteiger charge is 2.27. The fourth-order valence-corrected chi connectivity index (χ4v) is 2.92. The van der Waals surface area contributed by atoms with Crippen molar-refractivity contribution >= 4 is 5.91 Å². The first-order valence-electron chi connectivity index (χ1n) is 8.13. The van der Waals surface area contributed by atoms with Gasteiger partial charge in [-0.05, 0) is 38.4 Å². The third-order valence-corrected chi connectivity index (χ3v) is 4.06. The van der Waals surface area contributed by atoms with Gasteiger partial charge in [-0.15, -0.1) is 0 Å². The molecule has 2 N–H and O–H groups in total. The Kier molecular flexibility index (Phi) is 6.80. The van der Waals surface area contributed by atoms with Gasteiger partial charge in [0.2, 0.25) is 5.91 Å². The molecule has 1 fully saturated rings. The summed E-state index contributed by atoms with van der Waals surface area (Å²) in [4.78, 5) is 14.0. The van der Waals surface area contributed by atoms with Crippen molar-refractivity contribution in [1.29, 1.82) is 0 Å². The number of hydrogen-bond donors (Lipinski definition) is 2. The number of ether oxygens (including phenoxy) is 1. The molecule has 0 aromatic heterocycles. The van der Waals surface area contributed by atoms with Crippen LogP contribution in [-0.4, -0.2) is 54.3 Å². The maximum Gasteiger partial charge on any atom is 0.234 e. The average Bonchev–Trinajstić information content (AvgIpc) is 2.52. The molecule has 2 unspecified atom stereocenters. The largest absolute Gasteiger partial charge is 0.492 e. The number of likely N-dealkylation sites (tertiary alicyclic amines) is 1. The van der Waals surface area contributed by atoms with Crippen LogP contribution in [0.25, 0.3) is 0 Å². The minimum atomic E-state index is -0.431. The number of carbonyl (C=O) groups excluding carboxylic acids is 1. The van der Waals surface area contributed by atoms with Gasteiger partial charge in [-0.1, -0.05) is 12.5 Å². The number of benzene rings is 1. The summed E-state index contributed by atoms with van der Waals surface area (Å²) in [6.07, 6.45) is 2.64. The Labute approximate surface area is 136 Å². The molecule has 23 heavy (non-hydrogen) atoms. The van der Waals surface area contributed by atoms with Crippen molar-refractivity contribution in [3.63, 3.8) is 0 Å². The van der Waals surface area contributed by atoms with Crippen molar-refractivity contribution in [2.45, 2.75) is 38.3 Å². The number of rotatable bonds is 7. The first-order chi connectivity index (χ1) is 11.1. The molecule has 6 heteroatoms. The third kappa shape index (κ3) is 5.80. The van der Waals surface area contributed by atoms with Gasteiger partial charge in [0.25, 0.3) is 0 Å². The number of aliphatic hydroxyl groups excluding tert-OH is 1. The second kappa shape index (κ2) is 8.84. The molecule has 1 aromatic carbocycles. The van der Waals surface area contributed by atoms with Crippen molar-refractivity contribution in [2.24, 2.45) is 0 Å². The van der Waals surface area contributed by atoms with E-state index in [2.05, 4.69) is 5.32 Å². The van der Waals surface area contributed by atoms with E-state index in [1.54, 1.807) is 19.1 Å². The highest BCUT2D eigenvalue weighted by molar-refractivity contribution is 5.78. The van der Waals surface area contributed by atoms with E-state index in [1.165, 1.54) is 12.1 Å². The zero-order chi connectivity index (χ0) is 16.7. The van der Waals surface area contributed by atoms with E-state index in [1.807, 2.05) is 4.90 Å². The lowest BCUT2D eigenvalue weighted by atomic mass is 9.98. The second-order valence-corrected chi connectivity index (χ2v) is 5.93. The van der Waals surface area contributed by atoms with E-state index in [4.69, 9.17) is 4.74 Å². The van der Waals surface area contributed by atoms with Gasteiger partial charge in [0.15, 0.2) is 0 Å². The Morgan fingerprint density at radius 2 is 2.35 bits per heavy atom. The zero-order valence-corrected chi connectivity index (χ0v) is 13.5. The number of halogens is 1. The molecule has 0 aliphatic carbocycles. The van der Waals surface area contributed by atoms with E-state index in [9.17, 15) is 14.3 Å². The lowest BCUT2D eigenvalue weighted by molar-refractivity contribution is -0.124. The molecule has 0 spiro atoms. The van der Waals surface area contributed by atoms with Gasteiger partial charge in [0.1, 0.15) is 18.2 Å². The van der Waals surface area contributed by atoms with Crippen LogP contribution in [0.5, 0.6) is 5.75 Å². The molecule has 1 heterocycles. The molecular formula is C17H25FN2O3. The Balaban J connectivity index is 1.68. The van der Waals surface area contributed by atoms with Gasteiger partial charge in [0, 0.05) is 12.1 Å². The predicted octanol–water partition coefficient (Wildman–Crippen LogP) is 1.56. The lowest BCUT2D eigenvalue weighted by Crippen LogP contribution is -2.50. The normalized spacial score (nSPS) is 20.0. The number of nitrogens with one attached hydrogen (secondary N) is 1. The number of carbonyl (C=O) groups is 1. The van der Waals surface area contributed by atoms with Crippen molar-refractivity contribution in [3.8, 4) is 5.75 Å². The summed E-state index contributed by atoms with van der Waals surface area (Å²) < 4.78 is 18.4. The van der Waals surface area contributed by atoms with Crippen molar-refractivity contribution < 1.29 is 19.0 Å². The molecule has 2 atom stereocenters. The smallest absolute Gasteiger partial charge is 0.234 e. The average molecular weight is 324 g/mol. The van der Waals surface area contributed by atoms with E-state index in [0.29, 0.717) is 12.3 Å². The fourth-order valence-electron chi connectivity index (χ4n) is 2.92. The van der Waals surface area contributed by atoms with E-state index in [-0.39, 0.29) is 30.9 Å². The summed E-state index contributed by atoms with van der Waals surface area (Å²) in [5, 5.41) is 12.6. The highest BCUT2D eigenvalue weighted by atomic mass is 19.1. The SMILES string of the molecule is CC(O)C1CCCCN1CC(=O)NCCOc1cccc(F)c1. The summed E-state index contributed by atoms with van der Waals surface area (Å²) in [7, 11) is 0. The van der Waals surface area contributed by atoms with Crippen LogP contribution in [0.15, 0.2) is 24.3 Å². The molecule has 128 valence electrons. The number of hydrogen-bond acceptors (Lipinski definition) is 4. The molecule has 1 aromatic rings. The van der Waals surface area contributed by atoms with Crippen molar-refractivity contribution in [1.82, 2.24) is 10.2 Å². The molecule has 1 saturated heterocycles. The van der Waals surface area contributed by atoms with Crippen LogP contribution >= 0.6 is 0 Å². The van der Waals surface area contributed by atoms with Crippen LogP contribution in [-0.2, 0) is 4.79 Å². The summed E-state index contributed by atoms with van der Waals surface area (Å²) in [5.74, 6) is 0.0191. The first-order valence-corrected chi connectivity index (χ1v) is 8.13. The van der Waals surface area contributed by atoms with E-state index < -0.39 is 6.10 Å². The van der Waals surface area contributed by atoms with Gasteiger partial charge < -0.3 is 15.2 Å². The molecule has 1 amide bonds. The monoisotopic (exact) mass is 324 g/mol. The lowest BCUT2D eigenvalue weighted by Gasteiger charge is -2.36. The van der Waals surface area contributed by atoms with Crippen molar-refractivity contribution in [3.05, 3.63) is 30.1 Å². The van der Waals surface area contributed by atoms with Gasteiger partial charge in [-0.25, -0.2) is 4.39 Å². The number of piperidine rings is 1. The standard InChI is InChI=1S/C17H25FN2O3/c1-13(21)16-7-2-3-9-20(16)12-17(22)19-8-10-23-15-6-4-5-14(18)11-15/h4-6,11,13,16,21H,2-3,7-10,12H2,1H3,(H,19,22). The predicted molar refractivity (Wildman–Crippen MR) is 85.8 cm³/mol. The van der Waals surface area contributed by atoms with Gasteiger partial charge in [0.05, 0.1) is 19.2 Å². The fraction of sp³-hybridized carbons (Fsp3) is 0.588. The maximum absolute atomic E-state index is 13.0. The van der Waals surface area contributed by atoms with Crippen LogP contribution in [0.2, 0.25) is 0 Å². The first kappa shape index (κ1) is 17.7. The Morgan fingerprint density at radius 3 is 3.09 bits per heavy atom. The minimum absolute atomic E-state index is 0.0537. The maximum atomic E-state index is 13.0. The summed E-state index contributed by atoms with van der Waals surface area (Å²) >= 11 is 0. The van der Waals surface area contributed by atoms with E-state index >= 15 is 0 Å². The molecule has 0 bridgehead atoms. The minimum Gasteiger partial charge on any atom is -0.492 e. The summed E-state index contributed by atoms with van der Waals surface area (Å²) in [6, 6.07) is 5.97. The van der Waals surface area contributed by atoms with Crippen LogP contribution in [0.3, 0.4) is 0 Å². The van der Waals surface area contributed by atoms with Gasteiger partial charge in [-0.3, -0.25) is 9.69 Å². The number of aliphatic hydroxyl groups is 1. The van der Waals surface area contributed by atoms with Crippen LogP contribution in [0, 0.1) is 5.82 Å². The summed E-state index contributed by atoms with van der Waals surface area (Å²) in [5.41, 5.74) is 0. The Bertz CT molecular complexity index is 510. The Morgan fingerprint density at radius 1 is 1.52 bits per heavy atom. The van der Waals surface area contributed by atoms with Gasteiger partial charge in [-0.2, -0.15) is 0 Å². The summed E-state index contributed by atoms with van der Waals surface area (Å²) in [6.45, 7) is 3.55. The Hall–Kier alpha value is -1.66. The quantitative estimate of drug-likeness (QED) is 0.747. The van der Waals surface area contributed by atoms with Crippen LogP contribution in [0.4, 0.5) is 4.39 Å². The van der Waals surface area contributed by atoms with E-state index in [0.717, 1.165) is 25.8 Å². The second-order valence-electron chi connectivity index (χ2n) is 5.93. The number of nitrogens with zero attached hydrogens (tertiary/aromatic N) is 1. The third-order valence-electron chi connectivity index (χ3n) is 4.06. The number of amides is 1. The molecule has 2 rings (SSSR count). The molecule has 5 nitrogen and oxygen atoms in total. The van der Waals surface area contributed by atoms with Crippen molar-refractivity contribution in [2.75, 3.05) is 26.2 Å². The molecule has 0 radical (unpaired) electrons. The highest BCUT2D eigenvalue weighted by Crippen LogP contribution is 2.19. The molecular weight excluding hydrogens is 299 g/mol. The topological polar surface area (TPSA) is 61.8 Å². The van der Waals surface area contributed by atoms with Gasteiger partial charge >= 0.3 is 0 Å². The van der Waals surface area contributed by atoms with Crippen LogP contribution < -0.4 is 10.1 Å². The van der Waals surface area contributed by atoms with Crippen LogP contribution in [0.1, 0.15) is 26.2 Å². The molecule has 0 saturated carbocycles. The zero-order valence-electron chi connectivity index (χ0n) is 13.5. The molecule has 1 aliphatic rings. The molecule has 1 aliphatic heterocycles.